The van der Waals surface area contributed by atoms with E-state index in [1.165, 1.54) is 0 Å². The summed E-state index contributed by atoms with van der Waals surface area (Å²) in [6.07, 6.45) is 2.66. The number of nitrogens with zero attached hydrogens (tertiary/aromatic N) is 1. The zero-order valence-electron chi connectivity index (χ0n) is 6.08. The number of hydrogen-bond acceptors (Lipinski definition) is 3. The smallest absolute Gasteiger partial charge is 0.168 e. The SMILES string of the molecule is [CH]1CCNc2ncccc2O1. The highest BCUT2D eigenvalue weighted by molar-refractivity contribution is 5.50. The Morgan fingerprint density at radius 3 is 3.55 bits per heavy atom. The maximum atomic E-state index is 5.30. The molecule has 3 nitrogen and oxygen atoms in total. The largest absolute Gasteiger partial charge is 0.483 e. The Morgan fingerprint density at radius 2 is 2.55 bits per heavy atom. The summed E-state index contributed by atoms with van der Waals surface area (Å²) >= 11 is 0. The van der Waals surface area contributed by atoms with E-state index in [9.17, 15) is 0 Å². The van der Waals surface area contributed by atoms with Crippen molar-refractivity contribution in [2.24, 2.45) is 0 Å². The number of anilines is 1. The van der Waals surface area contributed by atoms with Gasteiger partial charge in [0, 0.05) is 19.2 Å². The first-order valence-corrected chi connectivity index (χ1v) is 3.64. The lowest BCUT2D eigenvalue weighted by molar-refractivity contribution is 0.402. The van der Waals surface area contributed by atoms with Crippen LogP contribution in [0.4, 0.5) is 5.82 Å². The van der Waals surface area contributed by atoms with E-state index in [-0.39, 0.29) is 0 Å². The molecule has 1 aliphatic heterocycles. The van der Waals surface area contributed by atoms with Crippen LogP contribution in [0.3, 0.4) is 0 Å². The van der Waals surface area contributed by atoms with Gasteiger partial charge in [0.15, 0.2) is 11.6 Å². The zero-order valence-corrected chi connectivity index (χ0v) is 6.08. The topological polar surface area (TPSA) is 34.2 Å². The van der Waals surface area contributed by atoms with Crippen LogP contribution in [0.25, 0.3) is 0 Å². The normalized spacial score (nSPS) is 15.6. The lowest BCUT2D eigenvalue weighted by atomic mass is 10.4. The van der Waals surface area contributed by atoms with E-state index in [2.05, 4.69) is 10.3 Å². The van der Waals surface area contributed by atoms with Crippen molar-refractivity contribution >= 4 is 5.82 Å². The lowest BCUT2D eigenvalue weighted by Gasteiger charge is -2.03. The molecule has 0 atom stereocenters. The minimum absolute atomic E-state index is 0.810. The molecule has 0 aliphatic carbocycles. The van der Waals surface area contributed by atoms with Gasteiger partial charge in [-0.15, -0.1) is 0 Å². The molecule has 11 heavy (non-hydrogen) atoms. The van der Waals surface area contributed by atoms with Gasteiger partial charge in [-0.3, -0.25) is 0 Å². The van der Waals surface area contributed by atoms with Crippen molar-refractivity contribution in [3.63, 3.8) is 0 Å². The standard InChI is InChI=1S/C8H9N2O/c1-3-7-8(9-4-1)10-5-2-6-11-7/h1,3-4,6H,2,5H2,(H,9,10). The quantitative estimate of drug-likeness (QED) is 0.606. The predicted octanol–water partition coefficient (Wildman–Crippen LogP) is 1.44. The summed E-state index contributed by atoms with van der Waals surface area (Å²) in [6, 6.07) is 3.76. The van der Waals surface area contributed by atoms with Crippen molar-refractivity contribution in [3.05, 3.63) is 24.9 Å². The van der Waals surface area contributed by atoms with Gasteiger partial charge in [0.2, 0.25) is 0 Å². The molecule has 0 saturated heterocycles. The summed E-state index contributed by atoms with van der Waals surface area (Å²) in [6.45, 7) is 2.69. The van der Waals surface area contributed by atoms with E-state index in [1.807, 2.05) is 12.1 Å². The maximum absolute atomic E-state index is 5.30. The Balaban J connectivity index is 2.33. The predicted molar refractivity (Wildman–Crippen MR) is 42.3 cm³/mol. The van der Waals surface area contributed by atoms with Crippen LogP contribution < -0.4 is 10.1 Å². The third-order valence-corrected chi connectivity index (χ3v) is 1.54. The number of nitrogens with one attached hydrogen (secondary N) is 1. The molecule has 0 unspecified atom stereocenters. The first-order valence-electron chi connectivity index (χ1n) is 3.64. The summed E-state index contributed by atoms with van der Waals surface area (Å²) in [5.74, 6) is 1.64. The molecule has 0 saturated carbocycles. The molecular weight excluding hydrogens is 140 g/mol. The Kier molecular flexibility index (Phi) is 1.63. The van der Waals surface area contributed by atoms with E-state index < -0.39 is 0 Å². The summed E-state index contributed by atoms with van der Waals surface area (Å²) in [5.41, 5.74) is 0. The maximum Gasteiger partial charge on any atom is 0.168 e. The Hall–Kier alpha value is -1.25. The van der Waals surface area contributed by atoms with Gasteiger partial charge in [-0.1, -0.05) is 0 Å². The second-order valence-corrected chi connectivity index (χ2v) is 2.35. The van der Waals surface area contributed by atoms with Crippen LogP contribution in [0.15, 0.2) is 18.3 Å². The van der Waals surface area contributed by atoms with Crippen molar-refractivity contribution in [2.75, 3.05) is 11.9 Å². The fraction of sp³-hybridized carbons (Fsp3) is 0.250. The van der Waals surface area contributed by atoms with Crippen molar-refractivity contribution in [1.29, 1.82) is 0 Å². The van der Waals surface area contributed by atoms with Gasteiger partial charge in [-0.05, 0) is 12.1 Å². The van der Waals surface area contributed by atoms with Crippen molar-refractivity contribution in [1.82, 2.24) is 4.98 Å². The van der Waals surface area contributed by atoms with Gasteiger partial charge in [-0.25, -0.2) is 4.98 Å². The molecule has 0 bridgehead atoms. The average Bonchev–Trinajstić information content (AvgIpc) is 2.28. The second-order valence-electron chi connectivity index (χ2n) is 2.35. The second kappa shape index (κ2) is 2.78. The molecule has 57 valence electrons. The van der Waals surface area contributed by atoms with E-state index in [4.69, 9.17) is 4.74 Å². The minimum atomic E-state index is 0.810. The van der Waals surface area contributed by atoms with E-state index in [1.54, 1.807) is 12.8 Å². The van der Waals surface area contributed by atoms with Crippen LogP contribution in [0.5, 0.6) is 5.75 Å². The molecule has 1 aromatic heterocycles. The molecular formula is C8H9N2O. The Bertz CT molecular complexity index is 225. The first kappa shape index (κ1) is 6.46. The monoisotopic (exact) mass is 149 g/mol. The Morgan fingerprint density at radius 1 is 1.55 bits per heavy atom. The zero-order chi connectivity index (χ0) is 7.52. The fourth-order valence-corrected chi connectivity index (χ4v) is 1.02. The lowest BCUT2D eigenvalue weighted by Crippen LogP contribution is -1.99. The molecule has 0 aromatic carbocycles. The van der Waals surface area contributed by atoms with Gasteiger partial charge in [0.05, 0.1) is 0 Å². The highest BCUT2D eigenvalue weighted by atomic mass is 16.5. The van der Waals surface area contributed by atoms with Gasteiger partial charge < -0.3 is 10.1 Å². The third-order valence-electron chi connectivity index (χ3n) is 1.54. The summed E-state index contributed by atoms with van der Waals surface area (Å²) in [4.78, 5) is 4.12. The van der Waals surface area contributed by atoms with E-state index in [0.29, 0.717) is 0 Å². The van der Waals surface area contributed by atoms with E-state index in [0.717, 1.165) is 24.5 Å². The highest BCUT2D eigenvalue weighted by Crippen LogP contribution is 2.23. The number of pyridine rings is 1. The van der Waals surface area contributed by atoms with Gasteiger partial charge in [0.25, 0.3) is 0 Å². The molecule has 1 aromatic rings. The van der Waals surface area contributed by atoms with Crippen LogP contribution in [0, 0.1) is 6.61 Å². The Labute approximate surface area is 65.4 Å². The minimum Gasteiger partial charge on any atom is -0.483 e. The molecule has 0 fully saturated rings. The molecule has 2 rings (SSSR count). The number of aromatic nitrogens is 1. The number of ether oxygens (including phenoxy) is 1. The molecule has 0 spiro atoms. The molecule has 1 radical (unpaired) electrons. The van der Waals surface area contributed by atoms with E-state index >= 15 is 0 Å². The van der Waals surface area contributed by atoms with Crippen molar-refractivity contribution in [2.45, 2.75) is 6.42 Å². The van der Waals surface area contributed by atoms with Crippen LogP contribution >= 0.6 is 0 Å². The molecule has 2 heterocycles. The summed E-state index contributed by atoms with van der Waals surface area (Å²) in [5, 5.41) is 3.16. The number of rotatable bonds is 0. The van der Waals surface area contributed by atoms with Crippen molar-refractivity contribution < 1.29 is 4.74 Å². The van der Waals surface area contributed by atoms with Gasteiger partial charge >= 0.3 is 0 Å². The first-order chi connectivity index (χ1) is 5.47. The summed E-state index contributed by atoms with van der Waals surface area (Å²) in [7, 11) is 0. The third kappa shape index (κ3) is 1.27. The van der Waals surface area contributed by atoms with Crippen LogP contribution in [-0.2, 0) is 0 Å². The fourth-order valence-electron chi connectivity index (χ4n) is 1.02. The number of hydrogen-bond donors (Lipinski definition) is 1. The molecule has 1 aliphatic rings. The average molecular weight is 149 g/mol. The van der Waals surface area contributed by atoms with Gasteiger partial charge in [-0.2, -0.15) is 0 Å². The molecule has 3 heteroatoms. The van der Waals surface area contributed by atoms with Gasteiger partial charge in [0.1, 0.15) is 6.61 Å². The van der Waals surface area contributed by atoms with Crippen LogP contribution in [0.1, 0.15) is 6.42 Å². The number of fused-ring (bicyclic) bond motifs is 1. The van der Waals surface area contributed by atoms with Crippen LogP contribution in [0.2, 0.25) is 0 Å². The van der Waals surface area contributed by atoms with Crippen LogP contribution in [-0.4, -0.2) is 11.5 Å². The molecule has 0 amide bonds. The summed E-state index contributed by atoms with van der Waals surface area (Å²) < 4.78 is 5.30. The molecule has 1 N–H and O–H groups in total. The highest BCUT2D eigenvalue weighted by Gasteiger charge is 2.07. The van der Waals surface area contributed by atoms with Crippen molar-refractivity contribution in [3.8, 4) is 5.75 Å².